The molecule has 0 unspecified atom stereocenters. The van der Waals surface area contributed by atoms with E-state index in [1.807, 2.05) is 12.1 Å². The Hall–Kier alpha value is -3.13. The highest BCUT2D eigenvalue weighted by molar-refractivity contribution is 5.73. The van der Waals surface area contributed by atoms with Crippen LogP contribution in [0.1, 0.15) is 12.8 Å². The van der Waals surface area contributed by atoms with Gasteiger partial charge in [0, 0.05) is 87.4 Å². The molecule has 0 bridgehead atoms. The monoisotopic (exact) mass is 526 g/mol. The summed E-state index contributed by atoms with van der Waals surface area (Å²) in [6.07, 6.45) is 2.35. The Kier molecular flexibility index (Phi) is 8.00. The second-order valence-corrected chi connectivity index (χ2v) is 11.4. The van der Waals surface area contributed by atoms with Gasteiger partial charge in [0.2, 0.25) is 0 Å². The number of benzene rings is 2. The second-order valence-electron chi connectivity index (χ2n) is 11.4. The quantitative estimate of drug-likeness (QED) is 0.455. The number of likely N-dealkylation sites (N-methyl/N-ethyl adjacent to an activating group) is 1. The molecule has 6 rings (SSSR count). The first kappa shape index (κ1) is 26.1. The van der Waals surface area contributed by atoms with Gasteiger partial charge < -0.3 is 30.1 Å². The molecule has 3 aromatic rings. The van der Waals surface area contributed by atoms with Crippen LogP contribution in [-0.2, 0) is 0 Å². The lowest BCUT2D eigenvalue weighted by Gasteiger charge is -2.37. The van der Waals surface area contributed by atoms with Crippen molar-refractivity contribution < 1.29 is 4.74 Å². The summed E-state index contributed by atoms with van der Waals surface area (Å²) in [4.78, 5) is 12.6. The van der Waals surface area contributed by atoms with Crippen molar-refractivity contribution in [2.75, 3.05) is 83.3 Å². The van der Waals surface area contributed by atoms with Crippen molar-refractivity contribution in [1.29, 1.82) is 0 Å². The number of aromatic nitrogens is 1. The van der Waals surface area contributed by atoms with Gasteiger partial charge in [0.25, 0.3) is 0 Å². The summed E-state index contributed by atoms with van der Waals surface area (Å²) >= 11 is 0. The SMILES string of the molecule is COc1ccc(-c2cc(NC3CCN(CC4CNC4)CC3)cc(-c3ccc(N4CCN(C)CC4)cc3)n2)cc1. The van der Waals surface area contributed by atoms with E-state index in [0.717, 1.165) is 66.0 Å². The van der Waals surface area contributed by atoms with E-state index in [2.05, 4.69) is 80.9 Å². The molecule has 2 N–H and O–H groups in total. The number of piperazine rings is 1. The van der Waals surface area contributed by atoms with Crippen molar-refractivity contribution >= 4 is 11.4 Å². The van der Waals surface area contributed by atoms with E-state index in [4.69, 9.17) is 9.72 Å². The molecule has 3 saturated heterocycles. The maximum absolute atomic E-state index is 5.39. The number of anilines is 2. The third kappa shape index (κ3) is 6.38. The van der Waals surface area contributed by atoms with Crippen molar-refractivity contribution in [1.82, 2.24) is 20.1 Å². The van der Waals surface area contributed by atoms with Gasteiger partial charge in [-0.2, -0.15) is 0 Å². The van der Waals surface area contributed by atoms with Crippen LogP contribution in [0, 0.1) is 5.92 Å². The molecule has 2 aromatic carbocycles. The molecule has 4 heterocycles. The van der Waals surface area contributed by atoms with Crippen molar-refractivity contribution in [3.63, 3.8) is 0 Å². The Morgan fingerprint density at radius 3 is 2.03 bits per heavy atom. The minimum atomic E-state index is 0.486. The Labute approximate surface area is 233 Å². The Morgan fingerprint density at radius 1 is 0.846 bits per heavy atom. The Bertz CT molecular complexity index is 1210. The first-order valence-electron chi connectivity index (χ1n) is 14.5. The number of nitrogens with one attached hydrogen (secondary N) is 2. The lowest BCUT2D eigenvalue weighted by Crippen LogP contribution is -2.50. The molecule has 3 fully saturated rings. The number of hydrogen-bond donors (Lipinski definition) is 2. The van der Waals surface area contributed by atoms with Gasteiger partial charge >= 0.3 is 0 Å². The predicted molar refractivity (Wildman–Crippen MR) is 161 cm³/mol. The van der Waals surface area contributed by atoms with E-state index >= 15 is 0 Å². The fraction of sp³-hybridized carbons (Fsp3) is 0.469. The molecule has 3 aliphatic heterocycles. The van der Waals surface area contributed by atoms with Crippen molar-refractivity contribution in [2.24, 2.45) is 5.92 Å². The largest absolute Gasteiger partial charge is 0.497 e. The molecule has 7 heteroatoms. The van der Waals surface area contributed by atoms with Gasteiger partial charge in [0.05, 0.1) is 18.5 Å². The molecule has 0 aliphatic carbocycles. The van der Waals surface area contributed by atoms with Crippen LogP contribution in [-0.4, -0.2) is 93.9 Å². The number of methoxy groups -OCH3 is 1. The van der Waals surface area contributed by atoms with Crippen molar-refractivity contribution in [2.45, 2.75) is 18.9 Å². The Balaban J connectivity index is 1.21. The predicted octanol–water partition coefficient (Wildman–Crippen LogP) is 4.27. The van der Waals surface area contributed by atoms with Crippen LogP contribution in [0.3, 0.4) is 0 Å². The molecule has 0 saturated carbocycles. The summed E-state index contributed by atoms with van der Waals surface area (Å²) in [5.74, 6) is 1.70. The molecule has 206 valence electrons. The molecule has 0 spiro atoms. The normalized spacial score (nSPS) is 19.6. The average molecular weight is 527 g/mol. The van der Waals surface area contributed by atoms with E-state index in [1.54, 1.807) is 7.11 Å². The number of nitrogens with zero attached hydrogens (tertiary/aromatic N) is 4. The van der Waals surface area contributed by atoms with Crippen LogP contribution in [0.4, 0.5) is 11.4 Å². The van der Waals surface area contributed by atoms with Gasteiger partial charge in [0.1, 0.15) is 5.75 Å². The molecule has 39 heavy (non-hydrogen) atoms. The summed E-state index contributed by atoms with van der Waals surface area (Å²) in [7, 11) is 3.90. The number of ether oxygens (including phenoxy) is 1. The lowest BCUT2D eigenvalue weighted by molar-refractivity contribution is 0.162. The molecular weight excluding hydrogens is 484 g/mol. The molecular formula is C32H42N6O. The van der Waals surface area contributed by atoms with Gasteiger partial charge in [-0.1, -0.05) is 12.1 Å². The van der Waals surface area contributed by atoms with E-state index < -0.39 is 0 Å². The van der Waals surface area contributed by atoms with E-state index in [9.17, 15) is 0 Å². The average Bonchev–Trinajstić information content (AvgIpc) is 2.96. The van der Waals surface area contributed by atoms with E-state index in [1.165, 1.54) is 51.3 Å². The topological polar surface area (TPSA) is 55.9 Å². The summed E-state index contributed by atoms with van der Waals surface area (Å²) in [5.41, 5.74) is 6.67. The number of hydrogen-bond acceptors (Lipinski definition) is 7. The lowest BCUT2D eigenvalue weighted by atomic mass is 9.99. The van der Waals surface area contributed by atoms with Crippen LogP contribution in [0.25, 0.3) is 22.5 Å². The maximum atomic E-state index is 5.39. The van der Waals surface area contributed by atoms with Crippen LogP contribution in [0.2, 0.25) is 0 Å². The van der Waals surface area contributed by atoms with Gasteiger partial charge in [-0.15, -0.1) is 0 Å². The fourth-order valence-electron chi connectivity index (χ4n) is 5.92. The number of likely N-dealkylation sites (tertiary alicyclic amines) is 1. The minimum Gasteiger partial charge on any atom is -0.497 e. The van der Waals surface area contributed by atoms with Crippen LogP contribution in [0.5, 0.6) is 5.75 Å². The zero-order chi connectivity index (χ0) is 26.6. The van der Waals surface area contributed by atoms with Crippen LogP contribution >= 0.6 is 0 Å². The number of pyridine rings is 1. The maximum Gasteiger partial charge on any atom is 0.118 e. The van der Waals surface area contributed by atoms with Gasteiger partial charge in [-0.25, -0.2) is 4.98 Å². The molecule has 0 amide bonds. The smallest absolute Gasteiger partial charge is 0.118 e. The summed E-state index contributed by atoms with van der Waals surface area (Å²) in [5, 5.41) is 7.28. The second kappa shape index (κ2) is 11.9. The van der Waals surface area contributed by atoms with Crippen molar-refractivity contribution in [3.8, 4) is 28.3 Å². The van der Waals surface area contributed by atoms with Crippen LogP contribution in [0.15, 0.2) is 60.7 Å². The third-order valence-corrected chi connectivity index (χ3v) is 8.58. The zero-order valence-corrected chi connectivity index (χ0v) is 23.4. The first-order valence-corrected chi connectivity index (χ1v) is 14.5. The number of rotatable bonds is 8. The molecule has 3 aliphatic rings. The van der Waals surface area contributed by atoms with E-state index in [0.29, 0.717) is 6.04 Å². The number of piperidine rings is 1. The highest BCUT2D eigenvalue weighted by Gasteiger charge is 2.24. The zero-order valence-electron chi connectivity index (χ0n) is 23.4. The summed E-state index contributed by atoms with van der Waals surface area (Å²) < 4.78 is 5.39. The Morgan fingerprint density at radius 2 is 1.46 bits per heavy atom. The minimum absolute atomic E-state index is 0.486. The summed E-state index contributed by atoms with van der Waals surface area (Å²) in [6, 6.07) is 22.1. The molecule has 7 nitrogen and oxygen atoms in total. The summed E-state index contributed by atoms with van der Waals surface area (Å²) in [6.45, 7) is 10.3. The fourth-order valence-corrected chi connectivity index (χ4v) is 5.92. The molecule has 0 radical (unpaired) electrons. The van der Waals surface area contributed by atoms with Gasteiger partial charge in [-0.3, -0.25) is 0 Å². The van der Waals surface area contributed by atoms with Crippen LogP contribution < -0.4 is 20.3 Å². The third-order valence-electron chi connectivity index (χ3n) is 8.58. The highest BCUT2D eigenvalue weighted by Crippen LogP contribution is 2.31. The highest BCUT2D eigenvalue weighted by atomic mass is 16.5. The molecule has 1 aromatic heterocycles. The molecule has 0 atom stereocenters. The van der Waals surface area contributed by atoms with Crippen molar-refractivity contribution in [3.05, 3.63) is 60.7 Å². The van der Waals surface area contributed by atoms with Gasteiger partial charge in [0.15, 0.2) is 0 Å². The van der Waals surface area contributed by atoms with E-state index in [-0.39, 0.29) is 0 Å². The van der Waals surface area contributed by atoms with Gasteiger partial charge in [-0.05, 0) is 74.3 Å². The first-order chi connectivity index (χ1) is 19.1. The standard InChI is InChI=1S/C32H42N6O/c1-36-15-17-38(18-16-36)29-7-3-25(4-8-29)31-19-28(20-32(35-31)26-5-9-30(39-2)10-6-26)34-27-11-13-37(14-12-27)23-24-21-33-22-24/h3-10,19-20,24,27,33H,11-18,21-23H2,1-2H3,(H,34,35).